The summed E-state index contributed by atoms with van der Waals surface area (Å²) in [6.07, 6.45) is 5.06. The summed E-state index contributed by atoms with van der Waals surface area (Å²) >= 11 is 0. The van der Waals surface area contributed by atoms with Crippen LogP contribution in [-0.2, 0) is 4.79 Å². The van der Waals surface area contributed by atoms with Crippen LogP contribution in [0.3, 0.4) is 0 Å². The summed E-state index contributed by atoms with van der Waals surface area (Å²) in [5.74, 6) is 1.88. The Morgan fingerprint density at radius 2 is 1.82 bits per heavy atom. The lowest BCUT2D eigenvalue weighted by molar-refractivity contribution is -0.136. The van der Waals surface area contributed by atoms with Crippen LogP contribution in [0.1, 0.15) is 46.5 Å². The molecule has 2 aliphatic rings. The van der Waals surface area contributed by atoms with Gasteiger partial charge < -0.3 is 10.0 Å². The summed E-state index contributed by atoms with van der Waals surface area (Å²) in [7, 11) is 0. The van der Waals surface area contributed by atoms with E-state index in [1.165, 1.54) is 25.7 Å². The maximum atomic E-state index is 12.4. The van der Waals surface area contributed by atoms with Gasteiger partial charge in [0.25, 0.3) is 0 Å². The Kier molecular flexibility index (Phi) is 3.48. The van der Waals surface area contributed by atoms with E-state index >= 15 is 0 Å². The number of amides is 1. The van der Waals surface area contributed by atoms with Crippen molar-refractivity contribution >= 4 is 5.91 Å². The topological polar surface area (TPSA) is 40.5 Å². The van der Waals surface area contributed by atoms with Gasteiger partial charge in [0.2, 0.25) is 5.91 Å². The number of rotatable bonds is 4. The van der Waals surface area contributed by atoms with Crippen LogP contribution in [-0.4, -0.2) is 34.6 Å². The van der Waals surface area contributed by atoms with E-state index in [9.17, 15) is 9.90 Å². The molecule has 0 heterocycles. The molecule has 0 bridgehead atoms. The maximum absolute atomic E-state index is 12.4. The third kappa shape index (κ3) is 2.82. The van der Waals surface area contributed by atoms with Crippen LogP contribution in [0.15, 0.2) is 0 Å². The number of fused-ring (bicyclic) bond motifs is 1. The van der Waals surface area contributed by atoms with Crippen molar-refractivity contribution in [3.05, 3.63) is 0 Å². The highest BCUT2D eigenvalue weighted by Crippen LogP contribution is 2.56. The van der Waals surface area contributed by atoms with Crippen LogP contribution in [0.2, 0.25) is 0 Å². The van der Waals surface area contributed by atoms with E-state index in [0.29, 0.717) is 24.9 Å². The Hall–Kier alpha value is -0.570. The van der Waals surface area contributed by atoms with E-state index in [2.05, 4.69) is 0 Å². The highest BCUT2D eigenvalue weighted by molar-refractivity contribution is 5.82. The molecule has 2 rings (SSSR count). The number of nitrogens with zero attached hydrogens (tertiary/aromatic N) is 1. The first-order valence-electron chi connectivity index (χ1n) is 6.95. The van der Waals surface area contributed by atoms with Gasteiger partial charge in [0.05, 0.1) is 5.60 Å². The van der Waals surface area contributed by atoms with Crippen molar-refractivity contribution in [2.45, 2.75) is 52.1 Å². The molecule has 0 aromatic heterocycles. The Morgan fingerprint density at radius 3 is 2.24 bits per heavy atom. The second kappa shape index (κ2) is 4.60. The molecule has 0 radical (unpaired) electrons. The van der Waals surface area contributed by atoms with Gasteiger partial charge in [0, 0.05) is 19.0 Å². The van der Waals surface area contributed by atoms with Gasteiger partial charge in [-0.1, -0.05) is 12.8 Å². The van der Waals surface area contributed by atoms with Crippen molar-refractivity contribution in [2.75, 3.05) is 13.1 Å². The van der Waals surface area contributed by atoms with Crippen molar-refractivity contribution in [1.82, 2.24) is 4.90 Å². The molecule has 1 N–H and O–H groups in total. The Bertz CT molecular complexity index is 283. The molecule has 2 unspecified atom stereocenters. The van der Waals surface area contributed by atoms with Crippen molar-refractivity contribution in [3.63, 3.8) is 0 Å². The van der Waals surface area contributed by atoms with Crippen molar-refractivity contribution in [1.29, 1.82) is 0 Å². The van der Waals surface area contributed by atoms with Gasteiger partial charge in [-0.05, 0) is 45.4 Å². The van der Waals surface area contributed by atoms with Crippen LogP contribution in [0.4, 0.5) is 0 Å². The first-order chi connectivity index (χ1) is 7.94. The summed E-state index contributed by atoms with van der Waals surface area (Å²) in [5, 5.41) is 9.83. The van der Waals surface area contributed by atoms with Crippen molar-refractivity contribution < 1.29 is 9.90 Å². The van der Waals surface area contributed by atoms with E-state index in [-0.39, 0.29) is 11.8 Å². The summed E-state index contributed by atoms with van der Waals surface area (Å²) in [4.78, 5) is 14.2. The highest BCUT2D eigenvalue weighted by atomic mass is 16.3. The predicted molar refractivity (Wildman–Crippen MR) is 67.5 cm³/mol. The zero-order valence-corrected chi connectivity index (χ0v) is 11.3. The molecule has 0 aromatic rings. The predicted octanol–water partition coefficient (Wildman–Crippen LogP) is 2.04. The standard InChI is InChI=1S/C14H25NO2/c1-4-15(9-14(2,3)17)13(16)12-10-7-5-6-8-11(10)12/h10-12,17H,4-9H2,1-3H3. The molecule has 2 atom stereocenters. The fourth-order valence-corrected chi connectivity index (χ4v) is 3.38. The molecule has 0 saturated heterocycles. The monoisotopic (exact) mass is 239 g/mol. The number of likely N-dealkylation sites (N-methyl/N-ethyl adjacent to an activating group) is 1. The van der Waals surface area contributed by atoms with Gasteiger partial charge in [-0.2, -0.15) is 0 Å². The minimum atomic E-state index is -0.786. The second-order valence-electron chi connectivity index (χ2n) is 6.30. The molecule has 1 amide bonds. The lowest BCUT2D eigenvalue weighted by Crippen LogP contribution is -2.43. The SMILES string of the molecule is CCN(CC(C)(C)O)C(=O)C1C2CCCCC21. The molecule has 2 aliphatic carbocycles. The number of hydrogen-bond acceptors (Lipinski definition) is 2. The maximum Gasteiger partial charge on any atom is 0.226 e. The van der Waals surface area contributed by atoms with Crippen molar-refractivity contribution in [2.24, 2.45) is 17.8 Å². The molecule has 3 heteroatoms. The fourth-order valence-electron chi connectivity index (χ4n) is 3.38. The third-order valence-electron chi connectivity index (χ3n) is 4.21. The lowest BCUT2D eigenvalue weighted by atomic mass is 10.0. The van der Waals surface area contributed by atoms with Crippen molar-refractivity contribution in [3.8, 4) is 0 Å². The molecule has 17 heavy (non-hydrogen) atoms. The summed E-state index contributed by atoms with van der Waals surface area (Å²) < 4.78 is 0. The van der Waals surface area contributed by atoms with E-state index in [4.69, 9.17) is 0 Å². The van der Waals surface area contributed by atoms with Gasteiger partial charge in [0.1, 0.15) is 0 Å². The zero-order chi connectivity index (χ0) is 12.6. The summed E-state index contributed by atoms with van der Waals surface area (Å²) in [6, 6.07) is 0. The largest absolute Gasteiger partial charge is 0.389 e. The van der Waals surface area contributed by atoms with Crippen LogP contribution < -0.4 is 0 Å². The van der Waals surface area contributed by atoms with E-state index in [1.807, 2.05) is 11.8 Å². The van der Waals surface area contributed by atoms with Gasteiger partial charge in [-0.25, -0.2) is 0 Å². The van der Waals surface area contributed by atoms with Crippen LogP contribution in [0.25, 0.3) is 0 Å². The van der Waals surface area contributed by atoms with E-state index in [0.717, 1.165) is 0 Å². The number of aliphatic hydroxyl groups is 1. The Labute approximate surface area is 104 Å². The van der Waals surface area contributed by atoms with E-state index in [1.54, 1.807) is 13.8 Å². The van der Waals surface area contributed by atoms with Crippen LogP contribution in [0, 0.1) is 17.8 Å². The number of carbonyl (C=O) groups is 1. The average molecular weight is 239 g/mol. The Balaban J connectivity index is 1.94. The fraction of sp³-hybridized carbons (Fsp3) is 0.929. The normalized spacial score (nSPS) is 31.9. The zero-order valence-electron chi connectivity index (χ0n) is 11.3. The first kappa shape index (κ1) is 12.9. The Morgan fingerprint density at radius 1 is 1.29 bits per heavy atom. The lowest BCUT2D eigenvalue weighted by Gasteiger charge is -2.28. The molecule has 0 spiro atoms. The summed E-state index contributed by atoms with van der Waals surface area (Å²) in [6.45, 7) is 6.69. The molecule has 0 aliphatic heterocycles. The molecular weight excluding hydrogens is 214 g/mol. The number of carbonyl (C=O) groups excluding carboxylic acids is 1. The smallest absolute Gasteiger partial charge is 0.226 e. The van der Waals surface area contributed by atoms with E-state index < -0.39 is 5.60 Å². The molecule has 3 nitrogen and oxygen atoms in total. The highest BCUT2D eigenvalue weighted by Gasteiger charge is 2.55. The van der Waals surface area contributed by atoms with Gasteiger partial charge in [0.15, 0.2) is 0 Å². The van der Waals surface area contributed by atoms with Gasteiger partial charge in [-0.15, -0.1) is 0 Å². The van der Waals surface area contributed by atoms with Gasteiger partial charge >= 0.3 is 0 Å². The molecular formula is C14H25NO2. The molecule has 2 saturated carbocycles. The number of hydrogen-bond donors (Lipinski definition) is 1. The average Bonchev–Trinajstić information content (AvgIpc) is 2.98. The molecule has 2 fully saturated rings. The quantitative estimate of drug-likeness (QED) is 0.815. The second-order valence-corrected chi connectivity index (χ2v) is 6.30. The minimum absolute atomic E-state index is 0.278. The first-order valence-corrected chi connectivity index (χ1v) is 6.95. The van der Waals surface area contributed by atoms with Crippen LogP contribution in [0.5, 0.6) is 0 Å². The molecule has 98 valence electrons. The van der Waals surface area contributed by atoms with Crippen LogP contribution >= 0.6 is 0 Å². The van der Waals surface area contributed by atoms with Gasteiger partial charge in [-0.3, -0.25) is 4.79 Å². The summed E-state index contributed by atoms with van der Waals surface area (Å²) in [5.41, 5.74) is -0.786. The minimum Gasteiger partial charge on any atom is -0.389 e. The molecule has 0 aromatic carbocycles. The third-order valence-corrected chi connectivity index (χ3v) is 4.21.